The lowest BCUT2D eigenvalue weighted by Gasteiger charge is -2.32. The summed E-state index contributed by atoms with van der Waals surface area (Å²) >= 11 is 1.27. The van der Waals surface area contributed by atoms with Gasteiger partial charge >= 0.3 is 5.97 Å². The van der Waals surface area contributed by atoms with Crippen LogP contribution >= 0.6 is 11.3 Å². The summed E-state index contributed by atoms with van der Waals surface area (Å²) in [5.41, 5.74) is 1.26. The van der Waals surface area contributed by atoms with E-state index in [2.05, 4.69) is 21.8 Å². The molecule has 0 aliphatic carbocycles. The predicted octanol–water partition coefficient (Wildman–Crippen LogP) is 2.15. The first-order valence-electron chi connectivity index (χ1n) is 12.3. The molecule has 0 N–H and O–H groups in total. The molecule has 37 heavy (non-hydrogen) atoms. The standard InChI is InChI=1S/C27H30N4O5S/c1-5-35-26(33)23-17(2)28-27-31(24(23)19-8-6-7-9-20(19)34-4)25(32)21(37-27)16-18-10-11-22(36-18)30-14-12-29(3)13-15-30/h6-11,16,24H,5,12-15H2,1-4H3/b21-16+/t24-/m0/s1. The summed E-state index contributed by atoms with van der Waals surface area (Å²) in [7, 11) is 3.68. The zero-order chi connectivity index (χ0) is 26.1. The average molecular weight is 523 g/mol. The lowest BCUT2D eigenvalue weighted by molar-refractivity contribution is -0.139. The number of furan rings is 1. The van der Waals surface area contributed by atoms with E-state index in [4.69, 9.17) is 13.9 Å². The van der Waals surface area contributed by atoms with Gasteiger partial charge in [0.25, 0.3) is 5.56 Å². The zero-order valence-electron chi connectivity index (χ0n) is 21.4. The molecule has 0 bridgehead atoms. The molecule has 0 spiro atoms. The van der Waals surface area contributed by atoms with Crippen LogP contribution in [0.3, 0.4) is 0 Å². The number of nitrogens with zero attached hydrogens (tertiary/aromatic N) is 4. The van der Waals surface area contributed by atoms with Crippen molar-refractivity contribution in [2.75, 3.05) is 51.8 Å². The summed E-state index contributed by atoms with van der Waals surface area (Å²) in [5.74, 6) is 1.45. The van der Waals surface area contributed by atoms with Crippen LogP contribution in [0.1, 0.15) is 31.2 Å². The molecule has 4 heterocycles. The van der Waals surface area contributed by atoms with Crippen LogP contribution in [0.15, 0.2) is 61.9 Å². The van der Waals surface area contributed by atoms with Gasteiger partial charge in [0.05, 0.1) is 29.5 Å². The van der Waals surface area contributed by atoms with Gasteiger partial charge in [-0.25, -0.2) is 9.79 Å². The van der Waals surface area contributed by atoms with Crippen LogP contribution in [0.4, 0.5) is 5.88 Å². The molecule has 0 unspecified atom stereocenters. The minimum absolute atomic E-state index is 0.215. The number of allylic oxidation sites excluding steroid dienone is 1. The first-order chi connectivity index (χ1) is 17.9. The summed E-state index contributed by atoms with van der Waals surface area (Å²) in [6.45, 7) is 7.45. The highest BCUT2D eigenvalue weighted by Gasteiger charge is 2.35. The third kappa shape index (κ3) is 4.74. The normalized spacial score (nSPS) is 18.5. The van der Waals surface area contributed by atoms with Crippen LogP contribution in [-0.4, -0.2) is 62.4 Å². The number of piperazine rings is 1. The number of benzene rings is 1. The number of thiazole rings is 1. The monoisotopic (exact) mass is 522 g/mol. The molecule has 10 heteroatoms. The van der Waals surface area contributed by atoms with Crippen molar-refractivity contribution in [2.45, 2.75) is 19.9 Å². The van der Waals surface area contributed by atoms with E-state index in [9.17, 15) is 9.59 Å². The Kier molecular flexibility index (Phi) is 7.03. The fraction of sp³-hybridized carbons (Fsp3) is 0.370. The molecule has 3 aromatic rings. The molecule has 1 atom stereocenters. The van der Waals surface area contributed by atoms with E-state index in [1.165, 1.54) is 11.3 Å². The number of carbonyl (C=O) groups excluding carboxylic acids is 1. The molecule has 0 saturated carbocycles. The van der Waals surface area contributed by atoms with Crippen LogP contribution < -0.4 is 24.5 Å². The molecular weight excluding hydrogens is 492 g/mol. The summed E-state index contributed by atoms with van der Waals surface area (Å²) in [4.78, 5) is 36.5. The number of hydrogen-bond acceptors (Lipinski definition) is 9. The second kappa shape index (κ2) is 10.4. The first kappa shape index (κ1) is 25.0. The fourth-order valence-corrected chi connectivity index (χ4v) is 5.75. The molecule has 5 rings (SSSR count). The molecule has 2 aromatic heterocycles. The van der Waals surface area contributed by atoms with E-state index in [0.29, 0.717) is 37.7 Å². The largest absolute Gasteiger partial charge is 0.496 e. The number of para-hydroxylation sites is 1. The Bertz CT molecular complexity index is 1520. The Morgan fingerprint density at radius 2 is 1.95 bits per heavy atom. The number of methoxy groups -OCH3 is 1. The van der Waals surface area contributed by atoms with Gasteiger partial charge < -0.3 is 23.7 Å². The van der Waals surface area contributed by atoms with Gasteiger partial charge in [-0.15, -0.1) is 0 Å². The Hall–Kier alpha value is -3.63. The first-order valence-corrected chi connectivity index (χ1v) is 13.1. The summed E-state index contributed by atoms with van der Waals surface area (Å²) in [6.07, 6.45) is 1.74. The van der Waals surface area contributed by atoms with Crippen LogP contribution in [0.25, 0.3) is 6.08 Å². The molecule has 1 aromatic carbocycles. The second-order valence-electron chi connectivity index (χ2n) is 9.01. The molecule has 0 radical (unpaired) electrons. The Labute approximate surface area is 218 Å². The minimum Gasteiger partial charge on any atom is -0.496 e. The van der Waals surface area contributed by atoms with Crippen molar-refractivity contribution in [3.63, 3.8) is 0 Å². The maximum Gasteiger partial charge on any atom is 0.338 e. The van der Waals surface area contributed by atoms with Crippen LogP contribution in [0, 0.1) is 0 Å². The molecule has 194 valence electrons. The van der Waals surface area contributed by atoms with Crippen molar-refractivity contribution < 1.29 is 18.7 Å². The van der Waals surface area contributed by atoms with Gasteiger partial charge in [-0.05, 0) is 33.0 Å². The third-order valence-corrected chi connectivity index (χ3v) is 7.63. The van der Waals surface area contributed by atoms with Crippen molar-refractivity contribution >= 4 is 29.3 Å². The molecule has 1 fully saturated rings. The van der Waals surface area contributed by atoms with Gasteiger partial charge in [-0.3, -0.25) is 9.36 Å². The topological polar surface area (TPSA) is 89.5 Å². The number of fused-ring (bicyclic) bond motifs is 1. The highest BCUT2D eigenvalue weighted by atomic mass is 32.1. The smallest absolute Gasteiger partial charge is 0.338 e. The lowest BCUT2D eigenvalue weighted by atomic mass is 9.95. The lowest BCUT2D eigenvalue weighted by Crippen LogP contribution is -2.44. The van der Waals surface area contributed by atoms with E-state index < -0.39 is 12.0 Å². The number of rotatable bonds is 6. The van der Waals surface area contributed by atoms with E-state index in [1.54, 1.807) is 31.6 Å². The number of esters is 1. The van der Waals surface area contributed by atoms with Gasteiger partial charge in [0.1, 0.15) is 17.6 Å². The van der Waals surface area contributed by atoms with E-state index >= 15 is 0 Å². The highest BCUT2D eigenvalue weighted by molar-refractivity contribution is 7.07. The van der Waals surface area contributed by atoms with Crippen molar-refractivity contribution in [2.24, 2.45) is 4.99 Å². The summed E-state index contributed by atoms with van der Waals surface area (Å²) in [5, 5.41) is 0. The predicted molar refractivity (Wildman–Crippen MR) is 142 cm³/mol. The van der Waals surface area contributed by atoms with Crippen LogP contribution in [0.5, 0.6) is 5.75 Å². The van der Waals surface area contributed by atoms with Gasteiger partial charge in [0.2, 0.25) is 0 Å². The number of ether oxygens (including phenoxy) is 2. The number of carbonyl (C=O) groups is 1. The van der Waals surface area contributed by atoms with Crippen molar-refractivity contribution in [1.82, 2.24) is 9.47 Å². The zero-order valence-corrected chi connectivity index (χ0v) is 22.2. The number of hydrogen-bond donors (Lipinski definition) is 0. The van der Waals surface area contributed by atoms with E-state index in [0.717, 1.165) is 32.1 Å². The minimum atomic E-state index is -0.730. The maximum absolute atomic E-state index is 13.8. The van der Waals surface area contributed by atoms with E-state index in [1.807, 2.05) is 36.4 Å². The van der Waals surface area contributed by atoms with Gasteiger partial charge in [0, 0.05) is 43.9 Å². The molecule has 2 aliphatic rings. The molecular formula is C27H30N4O5S. The summed E-state index contributed by atoms with van der Waals surface area (Å²) < 4.78 is 19.1. The van der Waals surface area contributed by atoms with Crippen LogP contribution in [0.2, 0.25) is 0 Å². The summed E-state index contributed by atoms with van der Waals surface area (Å²) in [6, 6.07) is 10.5. The molecule has 2 aliphatic heterocycles. The number of anilines is 1. The number of likely N-dealkylation sites (N-methyl/N-ethyl adjacent to an activating group) is 1. The molecule has 1 saturated heterocycles. The fourth-order valence-electron chi connectivity index (χ4n) is 4.72. The Morgan fingerprint density at radius 1 is 1.19 bits per heavy atom. The quantitative estimate of drug-likeness (QED) is 0.459. The van der Waals surface area contributed by atoms with Gasteiger partial charge in [0.15, 0.2) is 10.7 Å². The Morgan fingerprint density at radius 3 is 2.68 bits per heavy atom. The Balaban J connectivity index is 1.61. The second-order valence-corrected chi connectivity index (χ2v) is 10.0. The van der Waals surface area contributed by atoms with Gasteiger partial charge in [-0.1, -0.05) is 29.5 Å². The van der Waals surface area contributed by atoms with E-state index in [-0.39, 0.29) is 12.2 Å². The average Bonchev–Trinajstić information content (AvgIpc) is 3.48. The highest BCUT2D eigenvalue weighted by Crippen LogP contribution is 2.35. The molecule has 9 nitrogen and oxygen atoms in total. The van der Waals surface area contributed by atoms with Crippen molar-refractivity contribution in [3.05, 3.63) is 78.7 Å². The SMILES string of the molecule is CCOC(=O)C1=C(C)N=c2s/c(=C/c3ccc(N4CCN(C)CC4)o3)c(=O)n2[C@H]1c1ccccc1OC. The third-order valence-electron chi connectivity index (χ3n) is 6.65. The van der Waals surface area contributed by atoms with Gasteiger partial charge in [-0.2, -0.15) is 0 Å². The van der Waals surface area contributed by atoms with Crippen LogP contribution in [-0.2, 0) is 9.53 Å². The van der Waals surface area contributed by atoms with Crippen molar-refractivity contribution in [1.29, 1.82) is 0 Å². The number of aromatic nitrogens is 1. The van der Waals surface area contributed by atoms with Crippen molar-refractivity contribution in [3.8, 4) is 5.75 Å². The maximum atomic E-state index is 13.8. The molecule has 0 amide bonds.